The molecule has 0 unspecified atom stereocenters. The van der Waals surface area contributed by atoms with Crippen LogP contribution < -0.4 is 4.74 Å². The normalized spacial score (nSPS) is 10.2. The van der Waals surface area contributed by atoms with Crippen molar-refractivity contribution >= 4 is 0 Å². The average molecular weight is 329 g/mol. The molecule has 0 atom stereocenters. The zero-order valence-electron chi connectivity index (χ0n) is 14.0. The highest BCUT2D eigenvalue weighted by atomic mass is 19.2. The summed E-state index contributed by atoms with van der Waals surface area (Å²) in [6.07, 6.45) is 6.30. The van der Waals surface area contributed by atoms with E-state index in [4.69, 9.17) is 4.74 Å². The first-order valence-corrected chi connectivity index (χ1v) is 8.23. The van der Waals surface area contributed by atoms with Crippen LogP contribution in [0.3, 0.4) is 0 Å². The standard InChI is InChI=1S/C20H21F2NO/c1-3-5-6-7-15-8-11-17(23-14-15)12-9-16-10-13-18(24-4-2)20(22)19(16)21/h8,10-11,13-14H,3-7H2,1-2H3. The Morgan fingerprint density at radius 1 is 1.00 bits per heavy atom. The number of rotatable bonds is 6. The first-order valence-electron chi connectivity index (χ1n) is 8.23. The second-order valence-electron chi connectivity index (χ2n) is 5.43. The fourth-order valence-corrected chi connectivity index (χ4v) is 2.25. The largest absolute Gasteiger partial charge is 0.491 e. The van der Waals surface area contributed by atoms with Crippen LogP contribution in [0.2, 0.25) is 0 Å². The second kappa shape index (κ2) is 9.02. The Kier molecular flexibility index (Phi) is 6.74. The Labute approximate surface area is 141 Å². The van der Waals surface area contributed by atoms with Crippen LogP contribution in [0.4, 0.5) is 8.78 Å². The first-order chi connectivity index (χ1) is 11.7. The van der Waals surface area contributed by atoms with Crippen molar-refractivity contribution in [1.82, 2.24) is 4.98 Å². The summed E-state index contributed by atoms with van der Waals surface area (Å²) in [7, 11) is 0. The molecule has 1 aromatic heterocycles. The van der Waals surface area contributed by atoms with Gasteiger partial charge in [-0.2, -0.15) is 4.39 Å². The van der Waals surface area contributed by atoms with Gasteiger partial charge in [0.15, 0.2) is 11.6 Å². The highest BCUT2D eigenvalue weighted by Gasteiger charge is 2.12. The Morgan fingerprint density at radius 3 is 2.50 bits per heavy atom. The van der Waals surface area contributed by atoms with Gasteiger partial charge >= 0.3 is 0 Å². The van der Waals surface area contributed by atoms with Gasteiger partial charge < -0.3 is 4.74 Å². The average Bonchev–Trinajstić information content (AvgIpc) is 2.60. The summed E-state index contributed by atoms with van der Waals surface area (Å²) in [5, 5.41) is 0. The van der Waals surface area contributed by atoms with E-state index >= 15 is 0 Å². The van der Waals surface area contributed by atoms with Gasteiger partial charge in [-0.05, 0) is 49.4 Å². The molecule has 0 aliphatic carbocycles. The Balaban J connectivity index is 2.11. The van der Waals surface area contributed by atoms with Gasteiger partial charge in [0.25, 0.3) is 0 Å². The molecule has 126 valence electrons. The van der Waals surface area contributed by atoms with Crippen molar-refractivity contribution in [2.45, 2.75) is 39.5 Å². The summed E-state index contributed by atoms with van der Waals surface area (Å²) < 4.78 is 32.8. The number of ether oxygens (including phenoxy) is 1. The third-order valence-corrected chi connectivity index (χ3v) is 3.57. The number of aryl methyl sites for hydroxylation is 1. The minimum absolute atomic E-state index is 0.00947. The van der Waals surface area contributed by atoms with Crippen LogP contribution in [0.1, 0.15) is 49.9 Å². The lowest BCUT2D eigenvalue weighted by molar-refractivity contribution is 0.314. The van der Waals surface area contributed by atoms with Gasteiger partial charge in [-0.25, -0.2) is 9.37 Å². The number of hydrogen-bond acceptors (Lipinski definition) is 2. The molecule has 1 heterocycles. The maximum atomic E-state index is 13.9. The van der Waals surface area contributed by atoms with Crippen molar-refractivity contribution in [1.29, 1.82) is 0 Å². The van der Waals surface area contributed by atoms with Gasteiger partial charge in [0, 0.05) is 6.20 Å². The van der Waals surface area contributed by atoms with Gasteiger partial charge in [-0.1, -0.05) is 31.8 Å². The van der Waals surface area contributed by atoms with Crippen molar-refractivity contribution in [3.8, 4) is 17.6 Å². The zero-order valence-corrected chi connectivity index (χ0v) is 14.0. The Bertz CT molecular complexity index is 730. The highest BCUT2D eigenvalue weighted by molar-refractivity contribution is 5.44. The fourth-order valence-electron chi connectivity index (χ4n) is 2.25. The number of unbranched alkanes of at least 4 members (excludes halogenated alkanes) is 2. The van der Waals surface area contributed by atoms with Crippen LogP contribution in [0.15, 0.2) is 30.5 Å². The van der Waals surface area contributed by atoms with Crippen LogP contribution in [0.25, 0.3) is 0 Å². The molecule has 4 heteroatoms. The predicted octanol–water partition coefficient (Wildman–Crippen LogP) is 4.89. The molecule has 24 heavy (non-hydrogen) atoms. The molecule has 0 saturated carbocycles. The minimum atomic E-state index is -1.01. The molecule has 0 aliphatic heterocycles. The molecule has 2 aromatic rings. The molecule has 2 rings (SSSR count). The Hall–Kier alpha value is -2.41. The summed E-state index contributed by atoms with van der Waals surface area (Å²) in [6, 6.07) is 6.57. The summed E-state index contributed by atoms with van der Waals surface area (Å²) >= 11 is 0. The van der Waals surface area contributed by atoms with E-state index in [0.717, 1.165) is 18.4 Å². The summed E-state index contributed by atoms with van der Waals surface area (Å²) in [6.45, 7) is 4.15. The minimum Gasteiger partial charge on any atom is -0.491 e. The zero-order chi connectivity index (χ0) is 17.4. The van der Waals surface area contributed by atoms with E-state index < -0.39 is 11.6 Å². The van der Waals surface area contributed by atoms with Crippen molar-refractivity contribution in [3.63, 3.8) is 0 Å². The highest BCUT2D eigenvalue weighted by Crippen LogP contribution is 2.22. The van der Waals surface area contributed by atoms with Crippen molar-refractivity contribution < 1.29 is 13.5 Å². The van der Waals surface area contributed by atoms with Gasteiger partial charge in [-0.3, -0.25) is 0 Å². The number of aromatic nitrogens is 1. The second-order valence-corrected chi connectivity index (χ2v) is 5.43. The summed E-state index contributed by atoms with van der Waals surface area (Å²) in [5.41, 5.74) is 1.68. The smallest absolute Gasteiger partial charge is 0.201 e. The number of halogens is 2. The molecule has 0 saturated heterocycles. The summed E-state index contributed by atoms with van der Waals surface area (Å²) in [5.74, 6) is 3.29. The van der Waals surface area contributed by atoms with Gasteiger partial charge in [-0.15, -0.1) is 0 Å². The van der Waals surface area contributed by atoms with Gasteiger partial charge in [0.1, 0.15) is 5.69 Å². The van der Waals surface area contributed by atoms with Crippen molar-refractivity contribution in [2.24, 2.45) is 0 Å². The molecule has 0 fully saturated rings. The van der Waals surface area contributed by atoms with Crippen LogP contribution in [-0.2, 0) is 6.42 Å². The van der Waals surface area contributed by atoms with E-state index in [-0.39, 0.29) is 17.9 Å². The van der Waals surface area contributed by atoms with E-state index in [1.807, 2.05) is 6.07 Å². The predicted molar refractivity (Wildman–Crippen MR) is 91.0 cm³/mol. The van der Waals surface area contributed by atoms with E-state index in [0.29, 0.717) is 5.69 Å². The number of pyridine rings is 1. The molecule has 0 spiro atoms. The first kappa shape index (κ1) is 17.9. The molecular formula is C20H21F2NO. The number of nitrogens with zero attached hydrogens (tertiary/aromatic N) is 1. The lowest BCUT2D eigenvalue weighted by Gasteiger charge is -2.05. The number of hydrogen-bond donors (Lipinski definition) is 0. The quantitative estimate of drug-likeness (QED) is 0.556. The molecule has 0 radical (unpaired) electrons. The van der Waals surface area contributed by atoms with E-state index in [1.54, 1.807) is 19.2 Å². The number of benzene rings is 1. The lowest BCUT2D eigenvalue weighted by atomic mass is 10.1. The van der Waals surface area contributed by atoms with Crippen LogP contribution in [-0.4, -0.2) is 11.6 Å². The molecular weight excluding hydrogens is 308 g/mol. The molecule has 1 aromatic carbocycles. The lowest BCUT2D eigenvalue weighted by Crippen LogP contribution is -1.98. The Morgan fingerprint density at radius 2 is 1.83 bits per heavy atom. The third-order valence-electron chi connectivity index (χ3n) is 3.57. The van der Waals surface area contributed by atoms with E-state index in [2.05, 4.69) is 23.7 Å². The monoisotopic (exact) mass is 329 g/mol. The van der Waals surface area contributed by atoms with Gasteiger partial charge in [0.2, 0.25) is 5.82 Å². The maximum Gasteiger partial charge on any atom is 0.201 e. The van der Waals surface area contributed by atoms with E-state index in [9.17, 15) is 8.78 Å². The third kappa shape index (κ3) is 4.79. The molecule has 0 amide bonds. The topological polar surface area (TPSA) is 22.1 Å². The van der Waals surface area contributed by atoms with Crippen LogP contribution >= 0.6 is 0 Å². The molecule has 0 bridgehead atoms. The van der Waals surface area contributed by atoms with Crippen molar-refractivity contribution in [3.05, 3.63) is 58.9 Å². The van der Waals surface area contributed by atoms with E-state index in [1.165, 1.54) is 25.0 Å². The molecule has 0 aliphatic rings. The SMILES string of the molecule is CCCCCc1ccc(C#Cc2ccc(OCC)c(F)c2F)nc1. The van der Waals surface area contributed by atoms with Gasteiger partial charge in [0.05, 0.1) is 12.2 Å². The summed E-state index contributed by atoms with van der Waals surface area (Å²) in [4.78, 5) is 4.26. The van der Waals surface area contributed by atoms with Crippen LogP contribution in [0, 0.1) is 23.5 Å². The van der Waals surface area contributed by atoms with Crippen LogP contribution in [0.5, 0.6) is 5.75 Å². The fraction of sp³-hybridized carbons (Fsp3) is 0.350. The van der Waals surface area contributed by atoms with Crippen molar-refractivity contribution in [2.75, 3.05) is 6.61 Å². The molecule has 2 nitrogen and oxygen atoms in total. The maximum absolute atomic E-state index is 13.9. The molecule has 0 N–H and O–H groups in total.